The van der Waals surface area contributed by atoms with Gasteiger partial charge in [-0.05, 0) is 5.56 Å². The minimum absolute atomic E-state index is 0.725. The Morgan fingerprint density at radius 3 is 1.95 bits per heavy atom. The summed E-state index contributed by atoms with van der Waals surface area (Å²) in [5, 5.41) is 0. The molecule has 0 N–H and O–H groups in total. The molecule has 3 nitrogen and oxygen atoms in total. The summed E-state index contributed by atoms with van der Waals surface area (Å²) < 4.78 is 16.1. The second-order valence-electron chi connectivity index (χ2n) is 4.14. The van der Waals surface area contributed by atoms with Crippen LogP contribution in [0.15, 0.2) is 47.4 Å². The molecule has 0 bridgehead atoms. The van der Waals surface area contributed by atoms with E-state index in [1.165, 1.54) is 5.56 Å². The Bertz CT molecular complexity index is 530. The van der Waals surface area contributed by atoms with Gasteiger partial charge in [-0.3, -0.25) is 0 Å². The first-order valence-electron chi connectivity index (χ1n) is 6.25. The number of hydrogen-bond acceptors (Lipinski definition) is 4. The lowest BCUT2D eigenvalue weighted by atomic mass is 10.2. The van der Waals surface area contributed by atoms with E-state index in [9.17, 15) is 0 Å². The van der Waals surface area contributed by atoms with Gasteiger partial charge in [0.1, 0.15) is 17.2 Å². The zero-order valence-electron chi connectivity index (χ0n) is 11.9. The van der Waals surface area contributed by atoms with Crippen LogP contribution in [0.5, 0.6) is 17.2 Å². The third-order valence-corrected chi connectivity index (χ3v) is 4.06. The van der Waals surface area contributed by atoms with Crippen molar-refractivity contribution in [3.8, 4) is 17.2 Å². The van der Waals surface area contributed by atoms with Gasteiger partial charge in [0, 0.05) is 17.9 Å². The van der Waals surface area contributed by atoms with E-state index in [1.54, 1.807) is 33.1 Å². The summed E-state index contributed by atoms with van der Waals surface area (Å²) in [6.45, 7) is 0. The maximum Gasteiger partial charge on any atom is 0.139 e. The molecule has 2 aromatic carbocycles. The van der Waals surface area contributed by atoms with Crippen LogP contribution in [0.25, 0.3) is 0 Å². The zero-order chi connectivity index (χ0) is 14.4. The number of ether oxygens (including phenoxy) is 3. The normalized spacial score (nSPS) is 10.2. The second-order valence-corrected chi connectivity index (χ2v) is 5.12. The third kappa shape index (κ3) is 3.39. The van der Waals surface area contributed by atoms with E-state index in [2.05, 4.69) is 12.1 Å². The molecule has 4 heteroatoms. The van der Waals surface area contributed by atoms with E-state index in [-0.39, 0.29) is 0 Å². The topological polar surface area (TPSA) is 27.7 Å². The zero-order valence-corrected chi connectivity index (χ0v) is 12.7. The van der Waals surface area contributed by atoms with Crippen LogP contribution in [0.3, 0.4) is 0 Å². The van der Waals surface area contributed by atoms with Crippen molar-refractivity contribution in [1.29, 1.82) is 0 Å². The summed E-state index contributed by atoms with van der Waals surface area (Å²) in [5.74, 6) is 3.12. The van der Waals surface area contributed by atoms with Gasteiger partial charge in [-0.25, -0.2) is 0 Å². The molecular formula is C16H18O3S. The van der Waals surface area contributed by atoms with Gasteiger partial charge < -0.3 is 14.2 Å². The van der Waals surface area contributed by atoms with Crippen LogP contribution in [0.1, 0.15) is 5.56 Å². The predicted molar refractivity (Wildman–Crippen MR) is 82.1 cm³/mol. The van der Waals surface area contributed by atoms with Crippen LogP contribution in [0.2, 0.25) is 0 Å². The SMILES string of the molecule is COc1cc(OC)c(SCc2ccccc2)c(OC)c1. The highest BCUT2D eigenvalue weighted by atomic mass is 32.2. The van der Waals surface area contributed by atoms with Gasteiger partial charge in [0.05, 0.1) is 26.2 Å². The van der Waals surface area contributed by atoms with Crippen molar-refractivity contribution < 1.29 is 14.2 Å². The average molecular weight is 290 g/mol. The average Bonchev–Trinajstić information content (AvgIpc) is 2.52. The molecule has 0 radical (unpaired) electrons. The standard InChI is InChI=1S/C16H18O3S/c1-17-13-9-14(18-2)16(15(10-13)19-3)20-11-12-7-5-4-6-8-12/h4-10H,11H2,1-3H3. The van der Waals surface area contributed by atoms with Crippen LogP contribution < -0.4 is 14.2 Å². The summed E-state index contributed by atoms with van der Waals surface area (Å²) in [6, 6.07) is 14.1. The molecule has 2 rings (SSSR count). The summed E-state index contributed by atoms with van der Waals surface area (Å²) in [7, 11) is 4.94. The highest BCUT2D eigenvalue weighted by molar-refractivity contribution is 7.98. The monoisotopic (exact) mass is 290 g/mol. The molecular weight excluding hydrogens is 272 g/mol. The Morgan fingerprint density at radius 2 is 1.45 bits per heavy atom. The van der Waals surface area contributed by atoms with E-state index in [4.69, 9.17) is 14.2 Å². The quantitative estimate of drug-likeness (QED) is 0.751. The molecule has 0 aliphatic carbocycles. The molecule has 0 saturated carbocycles. The number of thioether (sulfide) groups is 1. The van der Waals surface area contributed by atoms with E-state index in [0.717, 1.165) is 27.9 Å². The highest BCUT2D eigenvalue weighted by Crippen LogP contribution is 2.42. The van der Waals surface area contributed by atoms with Gasteiger partial charge >= 0.3 is 0 Å². The Labute approximate surface area is 123 Å². The van der Waals surface area contributed by atoms with Gasteiger partial charge in [0.25, 0.3) is 0 Å². The number of hydrogen-bond donors (Lipinski definition) is 0. The highest BCUT2D eigenvalue weighted by Gasteiger charge is 2.13. The minimum atomic E-state index is 0.725. The number of methoxy groups -OCH3 is 3. The fourth-order valence-electron chi connectivity index (χ4n) is 1.85. The molecule has 0 aliphatic heterocycles. The molecule has 20 heavy (non-hydrogen) atoms. The molecule has 0 fully saturated rings. The first kappa shape index (κ1) is 14.6. The van der Waals surface area contributed by atoms with Crippen molar-refractivity contribution in [2.45, 2.75) is 10.6 Å². The van der Waals surface area contributed by atoms with Gasteiger partial charge in [0.15, 0.2) is 0 Å². The van der Waals surface area contributed by atoms with Crippen LogP contribution >= 0.6 is 11.8 Å². The van der Waals surface area contributed by atoms with Gasteiger partial charge in [-0.15, -0.1) is 11.8 Å². The molecule has 0 spiro atoms. The molecule has 0 aliphatic rings. The van der Waals surface area contributed by atoms with Gasteiger partial charge in [0.2, 0.25) is 0 Å². The van der Waals surface area contributed by atoms with Crippen LogP contribution in [-0.4, -0.2) is 21.3 Å². The molecule has 0 saturated heterocycles. The minimum Gasteiger partial charge on any atom is -0.496 e. The lowest BCUT2D eigenvalue weighted by Gasteiger charge is -2.14. The largest absolute Gasteiger partial charge is 0.496 e. The summed E-state index contributed by atoms with van der Waals surface area (Å²) in [5.41, 5.74) is 1.26. The first-order valence-corrected chi connectivity index (χ1v) is 7.23. The third-order valence-electron chi connectivity index (χ3n) is 2.90. The lowest BCUT2D eigenvalue weighted by molar-refractivity contribution is 0.361. The Hall–Kier alpha value is -1.81. The van der Waals surface area contributed by atoms with Crippen molar-refractivity contribution >= 4 is 11.8 Å². The van der Waals surface area contributed by atoms with E-state index in [1.807, 2.05) is 30.3 Å². The van der Waals surface area contributed by atoms with Gasteiger partial charge in [-0.2, -0.15) is 0 Å². The lowest BCUT2D eigenvalue weighted by Crippen LogP contribution is -1.94. The maximum absolute atomic E-state index is 5.44. The van der Waals surface area contributed by atoms with Crippen molar-refractivity contribution in [2.24, 2.45) is 0 Å². The molecule has 0 aromatic heterocycles. The van der Waals surface area contributed by atoms with Crippen molar-refractivity contribution in [1.82, 2.24) is 0 Å². The molecule has 0 amide bonds. The Morgan fingerprint density at radius 1 is 0.850 bits per heavy atom. The Balaban J connectivity index is 2.25. The summed E-state index contributed by atoms with van der Waals surface area (Å²) >= 11 is 1.69. The van der Waals surface area contributed by atoms with Gasteiger partial charge in [-0.1, -0.05) is 30.3 Å². The first-order chi connectivity index (χ1) is 9.78. The second kappa shape index (κ2) is 7.10. The Kier molecular flexibility index (Phi) is 5.18. The van der Waals surface area contributed by atoms with Crippen LogP contribution in [0.4, 0.5) is 0 Å². The fraction of sp³-hybridized carbons (Fsp3) is 0.250. The van der Waals surface area contributed by atoms with Crippen molar-refractivity contribution in [3.05, 3.63) is 48.0 Å². The maximum atomic E-state index is 5.44. The molecule has 0 unspecified atom stereocenters. The molecule has 106 valence electrons. The molecule has 0 atom stereocenters. The fourth-order valence-corrected chi connectivity index (χ4v) is 2.92. The number of rotatable bonds is 6. The van der Waals surface area contributed by atoms with E-state index in [0.29, 0.717) is 0 Å². The molecule has 2 aromatic rings. The smallest absolute Gasteiger partial charge is 0.139 e. The predicted octanol–water partition coefficient (Wildman–Crippen LogP) is 4.00. The molecule has 0 heterocycles. The number of benzene rings is 2. The summed E-state index contributed by atoms with van der Waals surface area (Å²) in [4.78, 5) is 0.986. The van der Waals surface area contributed by atoms with E-state index >= 15 is 0 Å². The summed E-state index contributed by atoms with van der Waals surface area (Å²) in [6.07, 6.45) is 0. The van der Waals surface area contributed by atoms with E-state index < -0.39 is 0 Å². The van der Waals surface area contributed by atoms with Crippen LogP contribution in [-0.2, 0) is 5.75 Å². The van der Waals surface area contributed by atoms with Crippen LogP contribution in [0, 0.1) is 0 Å². The van der Waals surface area contributed by atoms with Crippen molar-refractivity contribution in [3.63, 3.8) is 0 Å². The van der Waals surface area contributed by atoms with Crippen molar-refractivity contribution in [2.75, 3.05) is 21.3 Å².